The summed E-state index contributed by atoms with van der Waals surface area (Å²) in [6.07, 6.45) is 0.844. The Balaban J connectivity index is 1.82. The lowest BCUT2D eigenvalue weighted by molar-refractivity contribution is -0.126. The van der Waals surface area contributed by atoms with Gasteiger partial charge in [-0.2, -0.15) is 4.80 Å². The third-order valence-corrected chi connectivity index (χ3v) is 5.78. The molecule has 1 unspecified atom stereocenters. The van der Waals surface area contributed by atoms with Crippen molar-refractivity contribution in [3.05, 3.63) is 42.5 Å². The number of carbonyl (C=O) groups excluding carboxylic acids is 2. The molecule has 0 saturated heterocycles. The average Bonchev–Trinajstić information content (AvgIpc) is 3.36. The second-order valence-corrected chi connectivity index (χ2v) is 8.82. The fraction of sp³-hybridized carbons (Fsp3) is 0.423. The van der Waals surface area contributed by atoms with Crippen molar-refractivity contribution in [2.75, 3.05) is 32.8 Å². The molecule has 37 heavy (non-hydrogen) atoms. The summed E-state index contributed by atoms with van der Waals surface area (Å²) < 4.78 is 15.8. The summed E-state index contributed by atoms with van der Waals surface area (Å²) in [6, 6.07) is 11.4. The first-order chi connectivity index (χ1) is 17.8. The smallest absolute Gasteiger partial charge is 0.251 e. The fourth-order valence-electron chi connectivity index (χ4n) is 3.67. The Morgan fingerprint density at radius 1 is 0.973 bits per heavy atom. The molecule has 0 aliphatic heterocycles. The van der Waals surface area contributed by atoms with Gasteiger partial charge in [-0.3, -0.25) is 14.5 Å². The number of anilines is 1. The maximum Gasteiger partial charge on any atom is 0.251 e. The van der Waals surface area contributed by atoms with Gasteiger partial charge in [0, 0.05) is 17.8 Å². The SMILES string of the molecule is COc1ccc(N(C(=O)Cn2nnc(-c3ccc(OC)c(OC)c3)n2)C(C)C(=O)NCCC(C)C)cc1. The van der Waals surface area contributed by atoms with Crippen LogP contribution in [0.15, 0.2) is 42.5 Å². The molecule has 0 aliphatic rings. The van der Waals surface area contributed by atoms with Crippen LogP contribution >= 0.6 is 0 Å². The summed E-state index contributed by atoms with van der Waals surface area (Å²) in [5.41, 5.74) is 1.21. The molecule has 0 fully saturated rings. The standard InChI is InChI=1S/C26H34N6O5/c1-17(2)13-14-27-26(34)18(3)32(20-8-10-21(35-4)11-9-20)24(33)16-31-29-25(28-30-31)19-7-12-22(36-5)23(15-19)37-6/h7-12,15,17-18H,13-14,16H2,1-6H3,(H,27,34). The second-order valence-electron chi connectivity index (χ2n) is 8.82. The maximum atomic E-state index is 13.5. The number of tetrazole rings is 1. The molecule has 0 radical (unpaired) electrons. The minimum atomic E-state index is -0.762. The molecular formula is C26H34N6O5. The van der Waals surface area contributed by atoms with Crippen molar-refractivity contribution >= 4 is 17.5 Å². The molecular weight excluding hydrogens is 476 g/mol. The monoisotopic (exact) mass is 510 g/mol. The van der Waals surface area contributed by atoms with E-state index in [2.05, 4.69) is 34.6 Å². The van der Waals surface area contributed by atoms with Crippen LogP contribution in [0, 0.1) is 5.92 Å². The highest BCUT2D eigenvalue weighted by Crippen LogP contribution is 2.30. The van der Waals surface area contributed by atoms with Crippen LogP contribution in [0.3, 0.4) is 0 Å². The summed E-state index contributed by atoms with van der Waals surface area (Å²) in [4.78, 5) is 29.0. The third kappa shape index (κ3) is 6.96. The number of hydrogen-bond donors (Lipinski definition) is 1. The Morgan fingerprint density at radius 3 is 2.30 bits per heavy atom. The van der Waals surface area contributed by atoms with Crippen LogP contribution in [-0.2, 0) is 16.1 Å². The molecule has 1 heterocycles. The highest BCUT2D eigenvalue weighted by molar-refractivity contribution is 6.00. The van der Waals surface area contributed by atoms with Gasteiger partial charge in [-0.1, -0.05) is 13.8 Å². The topological polar surface area (TPSA) is 121 Å². The van der Waals surface area contributed by atoms with Gasteiger partial charge in [0.25, 0.3) is 5.91 Å². The van der Waals surface area contributed by atoms with Crippen molar-refractivity contribution in [2.24, 2.45) is 5.92 Å². The van der Waals surface area contributed by atoms with Gasteiger partial charge in [-0.05, 0) is 66.9 Å². The zero-order valence-electron chi connectivity index (χ0n) is 22.1. The van der Waals surface area contributed by atoms with Crippen LogP contribution in [-0.4, -0.2) is 65.9 Å². The van der Waals surface area contributed by atoms with E-state index >= 15 is 0 Å². The van der Waals surface area contributed by atoms with E-state index in [1.54, 1.807) is 70.7 Å². The molecule has 11 heteroatoms. The van der Waals surface area contributed by atoms with E-state index in [1.165, 1.54) is 9.70 Å². The number of amides is 2. The van der Waals surface area contributed by atoms with Crippen LogP contribution in [0.4, 0.5) is 5.69 Å². The number of methoxy groups -OCH3 is 3. The number of ether oxygens (including phenoxy) is 3. The van der Waals surface area contributed by atoms with E-state index in [4.69, 9.17) is 14.2 Å². The number of nitrogens with zero attached hydrogens (tertiary/aromatic N) is 5. The van der Waals surface area contributed by atoms with Crippen LogP contribution in [0.2, 0.25) is 0 Å². The summed E-state index contributed by atoms with van der Waals surface area (Å²) in [6.45, 7) is 6.19. The minimum absolute atomic E-state index is 0.212. The van der Waals surface area contributed by atoms with E-state index in [0.29, 0.717) is 46.8 Å². The summed E-state index contributed by atoms with van der Waals surface area (Å²) in [5, 5.41) is 15.4. The number of nitrogens with one attached hydrogen (secondary N) is 1. The van der Waals surface area contributed by atoms with E-state index in [0.717, 1.165) is 6.42 Å². The van der Waals surface area contributed by atoms with E-state index in [1.807, 2.05) is 0 Å². The molecule has 2 amide bonds. The molecule has 2 aromatic carbocycles. The number of hydrogen-bond acceptors (Lipinski definition) is 8. The van der Waals surface area contributed by atoms with Gasteiger partial charge < -0.3 is 19.5 Å². The molecule has 3 aromatic rings. The maximum absolute atomic E-state index is 13.5. The summed E-state index contributed by atoms with van der Waals surface area (Å²) in [7, 11) is 4.66. The molecule has 1 N–H and O–H groups in total. The zero-order chi connectivity index (χ0) is 26.9. The molecule has 0 spiro atoms. The average molecular weight is 511 g/mol. The van der Waals surface area contributed by atoms with Crippen molar-refractivity contribution in [1.82, 2.24) is 25.5 Å². The van der Waals surface area contributed by atoms with Gasteiger partial charge in [-0.15, -0.1) is 10.2 Å². The van der Waals surface area contributed by atoms with Crippen molar-refractivity contribution in [1.29, 1.82) is 0 Å². The molecule has 0 bridgehead atoms. The normalized spacial score (nSPS) is 11.6. The van der Waals surface area contributed by atoms with Gasteiger partial charge in [0.05, 0.1) is 21.3 Å². The molecule has 3 rings (SSSR count). The summed E-state index contributed by atoms with van der Waals surface area (Å²) in [5.74, 6) is 1.90. The second kappa shape index (κ2) is 12.7. The number of benzene rings is 2. The van der Waals surface area contributed by atoms with Crippen LogP contribution in [0.25, 0.3) is 11.4 Å². The van der Waals surface area contributed by atoms with E-state index in [9.17, 15) is 9.59 Å². The molecule has 0 aliphatic carbocycles. The Labute approximate surface area is 216 Å². The first kappa shape index (κ1) is 27.4. The minimum Gasteiger partial charge on any atom is -0.497 e. The van der Waals surface area contributed by atoms with Crippen LogP contribution < -0.4 is 24.4 Å². The quantitative estimate of drug-likeness (QED) is 0.395. The van der Waals surface area contributed by atoms with Crippen LogP contribution in [0.1, 0.15) is 27.2 Å². The van der Waals surface area contributed by atoms with Crippen molar-refractivity contribution in [3.8, 4) is 28.6 Å². The summed E-state index contributed by atoms with van der Waals surface area (Å²) >= 11 is 0. The molecule has 0 saturated carbocycles. The van der Waals surface area contributed by atoms with Gasteiger partial charge in [0.15, 0.2) is 11.5 Å². The molecule has 1 atom stereocenters. The molecule has 198 valence electrons. The predicted octanol–water partition coefficient (Wildman–Crippen LogP) is 2.95. The first-order valence-corrected chi connectivity index (χ1v) is 12.0. The van der Waals surface area contributed by atoms with Crippen molar-refractivity contribution in [2.45, 2.75) is 39.8 Å². The number of aromatic nitrogens is 4. The Kier molecular flexibility index (Phi) is 9.42. The van der Waals surface area contributed by atoms with Gasteiger partial charge >= 0.3 is 0 Å². The lowest BCUT2D eigenvalue weighted by Gasteiger charge is -2.28. The first-order valence-electron chi connectivity index (χ1n) is 12.0. The van der Waals surface area contributed by atoms with Gasteiger partial charge in [0.1, 0.15) is 18.3 Å². The van der Waals surface area contributed by atoms with Gasteiger partial charge in [0.2, 0.25) is 11.7 Å². The van der Waals surface area contributed by atoms with Gasteiger partial charge in [-0.25, -0.2) is 0 Å². The fourth-order valence-corrected chi connectivity index (χ4v) is 3.67. The molecule has 1 aromatic heterocycles. The lowest BCUT2D eigenvalue weighted by atomic mass is 10.1. The van der Waals surface area contributed by atoms with Crippen molar-refractivity contribution in [3.63, 3.8) is 0 Å². The predicted molar refractivity (Wildman–Crippen MR) is 139 cm³/mol. The Morgan fingerprint density at radius 2 is 1.68 bits per heavy atom. The zero-order valence-corrected chi connectivity index (χ0v) is 22.1. The number of rotatable bonds is 12. The van der Waals surface area contributed by atoms with E-state index < -0.39 is 6.04 Å². The third-order valence-electron chi connectivity index (χ3n) is 5.78. The largest absolute Gasteiger partial charge is 0.497 e. The molecule has 11 nitrogen and oxygen atoms in total. The highest BCUT2D eigenvalue weighted by Gasteiger charge is 2.28. The lowest BCUT2D eigenvalue weighted by Crippen LogP contribution is -2.49. The van der Waals surface area contributed by atoms with Crippen molar-refractivity contribution < 1.29 is 23.8 Å². The van der Waals surface area contributed by atoms with Crippen LogP contribution in [0.5, 0.6) is 17.2 Å². The number of carbonyl (C=O) groups is 2. The van der Waals surface area contributed by atoms with E-state index in [-0.39, 0.29) is 18.4 Å². The highest BCUT2D eigenvalue weighted by atomic mass is 16.5. The Bertz CT molecular complexity index is 1190. The Hall–Kier alpha value is -4.15.